The molecule has 0 aliphatic carbocycles. The Kier molecular flexibility index (Phi) is 6.60. The Morgan fingerprint density at radius 2 is 1.88 bits per heavy atom. The van der Waals surface area contributed by atoms with Crippen LogP contribution in [0.15, 0.2) is 30.3 Å². The number of aliphatic carboxylic acids is 1. The van der Waals surface area contributed by atoms with Crippen molar-refractivity contribution in [3.05, 3.63) is 35.9 Å². The molecule has 1 aliphatic rings. The lowest BCUT2D eigenvalue weighted by atomic mass is 10.00. The van der Waals surface area contributed by atoms with Crippen LogP contribution in [0.4, 0.5) is 4.79 Å². The number of ether oxygens (including phenoxy) is 1. The molecule has 1 saturated heterocycles. The van der Waals surface area contributed by atoms with Gasteiger partial charge < -0.3 is 14.7 Å². The van der Waals surface area contributed by atoms with Crippen LogP contribution in [0.2, 0.25) is 0 Å². The highest BCUT2D eigenvalue weighted by molar-refractivity contribution is 5.87. The van der Waals surface area contributed by atoms with E-state index in [1.807, 2.05) is 19.9 Å². The van der Waals surface area contributed by atoms with Gasteiger partial charge in [-0.3, -0.25) is 9.69 Å². The second-order valence-electron chi connectivity index (χ2n) is 7.00. The molecule has 0 spiro atoms. The zero-order chi connectivity index (χ0) is 19.3. The maximum absolute atomic E-state index is 12.6. The van der Waals surface area contributed by atoms with E-state index in [0.717, 1.165) is 5.56 Å². The monoisotopic (exact) mass is 362 g/mol. The van der Waals surface area contributed by atoms with Crippen molar-refractivity contribution in [1.82, 2.24) is 9.80 Å². The molecule has 0 radical (unpaired) electrons. The van der Waals surface area contributed by atoms with E-state index in [0.29, 0.717) is 19.5 Å². The van der Waals surface area contributed by atoms with Crippen LogP contribution in [-0.2, 0) is 20.7 Å². The molecule has 2 amide bonds. The number of piperazine rings is 1. The van der Waals surface area contributed by atoms with Gasteiger partial charge in [0.05, 0.1) is 0 Å². The number of carboxylic acids is 1. The number of carboxylic acid groups (broad SMARTS) is 1. The number of benzene rings is 1. The van der Waals surface area contributed by atoms with Crippen molar-refractivity contribution in [3.63, 3.8) is 0 Å². The Bertz CT molecular complexity index is 647. The van der Waals surface area contributed by atoms with E-state index < -0.39 is 24.2 Å². The molecule has 142 valence electrons. The van der Waals surface area contributed by atoms with Gasteiger partial charge in [-0.1, -0.05) is 44.2 Å². The molecule has 1 N–H and O–H groups in total. The maximum atomic E-state index is 12.6. The van der Waals surface area contributed by atoms with Gasteiger partial charge in [-0.25, -0.2) is 9.59 Å². The van der Waals surface area contributed by atoms with Crippen LogP contribution in [0.1, 0.15) is 25.8 Å². The lowest BCUT2D eigenvalue weighted by Gasteiger charge is -2.39. The molecule has 1 aliphatic heterocycles. The Hall–Kier alpha value is -2.57. The fourth-order valence-electron chi connectivity index (χ4n) is 3.00. The van der Waals surface area contributed by atoms with E-state index in [1.54, 1.807) is 36.2 Å². The van der Waals surface area contributed by atoms with Crippen LogP contribution >= 0.6 is 0 Å². The molecule has 26 heavy (non-hydrogen) atoms. The number of likely N-dealkylation sites (N-methyl/N-ethyl adjacent to an activating group) is 1. The molecule has 7 heteroatoms. The van der Waals surface area contributed by atoms with Gasteiger partial charge in [0, 0.05) is 26.6 Å². The van der Waals surface area contributed by atoms with Crippen molar-refractivity contribution in [1.29, 1.82) is 0 Å². The van der Waals surface area contributed by atoms with Gasteiger partial charge in [0.15, 0.2) is 0 Å². The predicted octanol–water partition coefficient (Wildman–Crippen LogP) is 2.01. The highest BCUT2D eigenvalue weighted by atomic mass is 16.6. The zero-order valence-corrected chi connectivity index (χ0v) is 15.4. The molecular weight excluding hydrogens is 336 g/mol. The Balaban J connectivity index is 2.11. The number of hydrogen-bond acceptors (Lipinski definition) is 4. The van der Waals surface area contributed by atoms with Crippen LogP contribution in [0.3, 0.4) is 0 Å². The van der Waals surface area contributed by atoms with Crippen molar-refractivity contribution in [2.24, 2.45) is 5.92 Å². The minimum absolute atomic E-state index is 0.0818. The molecule has 1 aromatic rings. The van der Waals surface area contributed by atoms with Crippen molar-refractivity contribution >= 4 is 18.0 Å². The SMILES string of the molecule is CC(C)C[C@H]1C(=O)N(C)CCN1C(=O)OC(Cc1ccccc1)C(=O)O. The van der Waals surface area contributed by atoms with Gasteiger partial charge >= 0.3 is 12.1 Å². The van der Waals surface area contributed by atoms with Gasteiger partial charge in [-0.15, -0.1) is 0 Å². The van der Waals surface area contributed by atoms with Gasteiger partial charge in [-0.2, -0.15) is 0 Å². The third kappa shape index (κ3) is 4.97. The minimum Gasteiger partial charge on any atom is -0.478 e. The van der Waals surface area contributed by atoms with Gasteiger partial charge in [0.2, 0.25) is 12.0 Å². The predicted molar refractivity (Wildman–Crippen MR) is 95.6 cm³/mol. The molecule has 2 rings (SSSR count). The molecule has 7 nitrogen and oxygen atoms in total. The van der Waals surface area contributed by atoms with E-state index in [2.05, 4.69) is 0 Å². The van der Waals surface area contributed by atoms with Gasteiger partial charge in [0.1, 0.15) is 6.04 Å². The first kappa shape index (κ1) is 19.8. The van der Waals surface area contributed by atoms with Crippen LogP contribution in [0.25, 0.3) is 0 Å². The summed E-state index contributed by atoms with van der Waals surface area (Å²) in [6.45, 7) is 4.68. The molecule has 1 heterocycles. The Morgan fingerprint density at radius 1 is 1.23 bits per heavy atom. The van der Waals surface area contributed by atoms with Crippen molar-refractivity contribution < 1.29 is 24.2 Å². The summed E-state index contributed by atoms with van der Waals surface area (Å²) in [7, 11) is 1.70. The fourth-order valence-corrected chi connectivity index (χ4v) is 3.00. The van der Waals surface area contributed by atoms with E-state index in [1.165, 1.54) is 4.90 Å². The first-order valence-corrected chi connectivity index (χ1v) is 8.78. The average Bonchev–Trinajstić information content (AvgIpc) is 2.59. The van der Waals surface area contributed by atoms with Crippen molar-refractivity contribution in [2.75, 3.05) is 20.1 Å². The normalized spacial score (nSPS) is 18.8. The number of nitrogens with zero attached hydrogens (tertiary/aromatic N) is 2. The lowest BCUT2D eigenvalue weighted by Crippen LogP contribution is -2.58. The topological polar surface area (TPSA) is 87.2 Å². The van der Waals surface area contributed by atoms with Crippen LogP contribution in [0.5, 0.6) is 0 Å². The minimum atomic E-state index is -1.29. The first-order chi connectivity index (χ1) is 12.3. The number of rotatable bonds is 6. The molecular formula is C19H26N2O5. The quantitative estimate of drug-likeness (QED) is 0.836. The van der Waals surface area contributed by atoms with Crippen molar-refractivity contribution in [3.8, 4) is 0 Å². The Morgan fingerprint density at radius 3 is 2.46 bits per heavy atom. The number of carbonyl (C=O) groups is 3. The molecule has 0 aromatic heterocycles. The molecule has 2 atom stereocenters. The standard InChI is InChI=1S/C19H26N2O5/c1-13(2)11-15-17(22)20(3)9-10-21(15)19(25)26-16(18(23)24)12-14-7-5-4-6-8-14/h4-8,13,15-16H,9-12H2,1-3H3,(H,23,24)/t15-,16?/m0/s1. The highest BCUT2D eigenvalue weighted by Gasteiger charge is 2.38. The second-order valence-corrected chi connectivity index (χ2v) is 7.00. The summed E-state index contributed by atoms with van der Waals surface area (Å²) in [5.41, 5.74) is 0.765. The number of carbonyl (C=O) groups excluding carboxylic acids is 2. The highest BCUT2D eigenvalue weighted by Crippen LogP contribution is 2.20. The molecule has 0 saturated carbocycles. The summed E-state index contributed by atoms with van der Waals surface area (Å²) >= 11 is 0. The van der Waals surface area contributed by atoms with Crippen LogP contribution in [-0.4, -0.2) is 65.2 Å². The Labute approximate surface area is 153 Å². The van der Waals surface area contributed by atoms with E-state index >= 15 is 0 Å². The molecule has 1 unspecified atom stereocenters. The molecule has 1 aromatic carbocycles. The lowest BCUT2D eigenvalue weighted by molar-refractivity contribution is -0.148. The van der Waals surface area contributed by atoms with Crippen LogP contribution in [0, 0.1) is 5.92 Å². The summed E-state index contributed by atoms with van der Waals surface area (Å²) in [6.07, 6.45) is -1.45. The zero-order valence-electron chi connectivity index (χ0n) is 15.4. The number of hydrogen-bond donors (Lipinski definition) is 1. The fraction of sp³-hybridized carbons (Fsp3) is 0.526. The third-order valence-electron chi connectivity index (χ3n) is 4.43. The van der Waals surface area contributed by atoms with E-state index in [-0.39, 0.29) is 18.2 Å². The van der Waals surface area contributed by atoms with E-state index in [4.69, 9.17) is 4.74 Å². The summed E-state index contributed by atoms with van der Waals surface area (Å²) < 4.78 is 5.27. The summed E-state index contributed by atoms with van der Waals surface area (Å²) in [5.74, 6) is -1.13. The molecule has 0 bridgehead atoms. The maximum Gasteiger partial charge on any atom is 0.411 e. The summed E-state index contributed by atoms with van der Waals surface area (Å²) in [6, 6.07) is 8.38. The number of amides is 2. The average molecular weight is 362 g/mol. The molecule has 1 fully saturated rings. The summed E-state index contributed by atoms with van der Waals surface area (Å²) in [5, 5.41) is 9.42. The second kappa shape index (κ2) is 8.69. The third-order valence-corrected chi connectivity index (χ3v) is 4.43. The smallest absolute Gasteiger partial charge is 0.411 e. The van der Waals surface area contributed by atoms with Crippen LogP contribution < -0.4 is 0 Å². The first-order valence-electron chi connectivity index (χ1n) is 8.78. The van der Waals surface area contributed by atoms with Gasteiger partial charge in [0.25, 0.3) is 0 Å². The largest absolute Gasteiger partial charge is 0.478 e. The summed E-state index contributed by atoms with van der Waals surface area (Å²) in [4.78, 5) is 39.5. The van der Waals surface area contributed by atoms with Crippen molar-refractivity contribution in [2.45, 2.75) is 38.8 Å². The van der Waals surface area contributed by atoms with Gasteiger partial charge in [-0.05, 0) is 17.9 Å². The van der Waals surface area contributed by atoms with E-state index in [9.17, 15) is 19.5 Å².